The molecule has 78 valence electrons. The summed E-state index contributed by atoms with van der Waals surface area (Å²) in [4.78, 5) is 0. The lowest BCUT2D eigenvalue weighted by Crippen LogP contribution is -2.19. The molecule has 0 nitrogen and oxygen atoms in total. The first-order valence-electron chi connectivity index (χ1n) is 5.97. The smallest absolute Gasteiger partial charge is 0.0134 e. The summed E-state index contributed by atoms with van der Waals surface area (Å²) in [6, 6.07) is 0. The van der Waals surface area contributed by atoms with Gasteiger partial charge in [-0.15, -0.1) is 0 Å². The second-order valence-electron chi connectivity index (χ2n) is 5.43. The largest absolute Gasteiger partial charge is 0.0776 e. The zero-order valence-corrected chi connectivity index (χ0v) is 9.88. The van der Waals surface area contributed by atoms with Crippen molar-refractivity contribution >= 4 is 0 Å². The van der Waals surface area contributed by atoms with E-state index in [-0.39, 0.29) is 0 Å². The Morgan fingerprint density at radius 1 is 1.07 bits per heavy atom. The molecule has 14 heavy (non-hydrogen) atoms. The van der Waals surface area contributed by atoms with E-state index in [0.717, 1.165) is 23.7 Å². The van der Waals surface area contributed by atoms with Gasteiger partial charge in [-0.2, -0.15) is 0 Å². The Kier molecular flexibility index (Phi) is 2.55. The van der Waals surface area contributed by atoms with Crippen LogP contribution in [0.4, 0.5) is 0 Å². The summed E-state index contributed by atoms with van der Waals surface area (Å²) in [7, 11) is 0. The third-order valence-corrected chi connectivity index (χ3v) is 4.21. The van der Waals surface area contributed by atoms with Crippen LogP contribution in [0.5, 0.6) is 0 Å². The lowest BCUT2D eigenvalue weighted by molar-refractivity contribution is 0.318. The summed E-state index contributed by atoms with van der Waals surface area (Å²) in [5, 5.41) is 0. The second-order valence-corrected chi connectivity index (χ2v) is 5.43. The molecule has 0 aromatic rings. The molecule has 0 saturated heterocycles. The molecule has 3 atom stereocenters. The molecule has 2 aliphatic rings. The summed E-state index contributed by atoms with van der Waals surface area (Å²) in [6.45, 7) is 9.27. The van der Waals surface area contributed by atoms with Crippen LogP contribution in [0, 0.1) is 23.7 Å². The fourth-order valence-electron chi connectivity index (χ4n) is 3.18. The van der Waals surface area contributed by atoms with Gasteiger partial charge in [-0.05, 0) is 50.4 Å². The molecule has 0 radical (unpaired) electrons. The minimum absolute atomic E-state index is 0.846. The van der Waals surface area contributed by atoms with Crippen molar-refractivity contribution in [1.29, 1.82) is 0 Å². The zero-order valence-electron chi connectivity index (χ0n) is 9.88. The van der Waals surface area contributed by atoms with E-state index in [1.165, 1.54) is 24.0 Å². The van der Waals surface area contributed by atoms with Crippen LogP contribution in [0.3, 0.4) is 0 Å². The van der Waals surface area contributed by atoms with Crippen molar-refractivity contribution in [3.8, 4) is 0 Å². The first kappa shape index (κ1) is 10.0. The van der Waals surface area contributed by atoms with Crippen molar-refractivity contribution < 1.29 is 0 Å². The quantitative estimate of drug-likeness (QED) is 0.581. The Morgan fingerprint density at radius 2 is 1.71 bits per heavy atom. The van der Waals surface area contributed by atoms with Crippen molar-refractivity contribution in [2.45, 2.75) is 40.5 Å². The number of fused-ring (bicyclic) bond motifs is 1. The van der Waals surface area contributed by atoms with E-state index in [0.29, 0.717) is 0 Å². The Balaban J connectivity index is 2.22. The van der Waals surface area contributed by atoms with E-state index in [1.807, 2.05) is 0 Å². The molecule has 0 amide bonds. The molecule has 0 bridgehead atoms. The van der Waals surface area contributed by atoms with E-state index < -0.39 is 0 Å². The highest BCUT2D eigenvalue weighted by Gasteiger charge is 2.36. The van der Waals surface area contributed by atoms with Crippen molar-refractivity contribution in [1.82, 2.24) is 0 Å². The maximum atomic E-state index is 2.54. The molecule has 0 heterocycles. The first-order valence-corrected chi connectivity index (χ1v) is 5.97. The summed E-state index contributed by atoms with van der Waals surface area (Å²) >= 11 is 0. The fraction of sp³-hybridized carbons (Fsp3) is 0.714. The van der Waals surface area contributed by atoms with Crippen molar-refractivity contribution in [2.75, 3.05) is 0 Å². The van der Waals surface area contributed by atoms with E-state index in [2.05, 4.69) is 39.8 Å². The summed E-state index contributed by atoms with van der Waals surface area (Å²) in [6.07, 6.45) is 7.90. The van der Waals surface area contributed by atoms with Crippen LogP contribution >= 0.6 is 0 Å². The minimum atomic E-state index is 0.846. The Labute approximate surface area is 88.1 Å². The van der Waals surface area contributed by atoms with Crippen molar-refractivity contribution in [3.05, 3.63) is 23.3 Å². The maximum Gasteiger partial charge on any atom is -0.0134 e. The molecular formula is C14H22. The molecule has 0 aliphatic heterocycles. The lowest BCUT2D eigenvalue weighted by Gasteiger charge is -2.27. The fourth-order valence-corrected chi connectivity index (χ4v) is 3.18. The SMILES string of the molecule is CC1=CC2CCC(C(C)C)C2C=C1C. The van der Waals surface area contributed by atoms with Gasteiger partial charge in [-0.1, -0.05) is 37.1 Å². The molecule has 2 aliphatic carbocycles. The summed E-state index contributed by atoms with van der Waals surface area (Å²) < 4.78 is 0. The highest BCUT2D eigenvalue weighted by Crippen LogP contribution is 2.46. The molecule has 0 spiro atoms. The molecule has 0 heteroatoms. The average Bonchev–Trinajstić information content (AvgIpc) is 2.48. The minimum Gasteiger partial charge on any atom is -0.0776 e. The van der Waals surface area contributed by atoms with Crippen molar-refractivity contribution in [2.24, 2.45) is 23.7 Å². The Morgan fingerprint density at radius 3 is 2.36 bits per heavy atom. The number of hydrogen-bond acceptors (Lipinski definition) is 0. The normalized spacial score (nSPS) is 36.8. The van der Waals surface area contributed by atoms with Gasteiger partial charge in [0.15, 0.2) is 0 Å². The second kappa shape index (κ2) is 3.56. The van der Waals surface area contributed by atoms with Crippen LogP contribution in [-0.4, -0.2) is 0 Å². The molecule has 0 aromatic carbocycles. The topological polar surface area (TPSA) is 0 Å². The molecule has 0 N–H and O–H groups in total. The van der Waals surface area contributed by atoms with E-state index >= 15 is 0 Å². The molecule has 1 fully saturated rings. The molecule has 2 rings (SSSR count). The monoisotopic (exact) mass is 190 g/mol. The maximum absolute atomic E-state index is 2.54. The summed E-state index contributed by atoms with van der Waals surface area (Å²) in [5.41, 5.74) is 3.02. The van der Waals surface area contributed by atoms with Crippen LogP contribution in [0.1, 0.15) is 40.5 Å². The molecule has 0 aromatic heterocycles. The zero-order chi connectivity index (χ0) is 10.3. The van der Waals surface area contributed by atoms with E-state index in [1.54, 1.807) is 0 Å². The lowest BCUT2D eigenvalue weighted by atomic mass is 9.78. The molecule has 3 unspecified atom stereocenters. The van der Waals surface area contributed by atoms with Gasteiger partial charge in [0.1, 0.15) is 0 Å². The van der Waals surface area contributed by atoms with Gasteiger partial charge in [0.25, 0.3) is 0 Å². The van der Waals surface area contributed by atoms with Gasteiger partial charge >= 0.3 is 0 Å². The van der Waals surface area contributed by atoms with E-state index in [4.69, 9.17) is 0 Å². The predicted molar refractivity (Wildman–Crippen MR) is 62.1 cm³/mol. The third kappa shape index (κ3) is 1.55. The van der Waals surface area contributed by atoms with Crippen LogP contribution in [-0.2, 0) is 0 Å². The van der Waals surface area contributed by atoms with Crippen LogP contribution in [0.25, 0.3) is 0 Å². The molecule has 1 saturated carbocycles. The number of hydrogen-bond donors (Lipinski definition) is 0. The van der Waals surface area contributed by atoms with Gasteiger partial charge in [0.2, 0.25) is 0 Å². The Bertz CT molecular complexity index is 280. The van der Waals surface area contributed by atoms with Gasteiger partial charge in [0.05, 0.1) is 0 Å². The van der Waals surface area contributed by atoms with Gasteiger partial charge in [0, 0.05) is 0 Å². The van der Waals surface area contributed by atoms with Crippen LogP contribution < -0.4 is 0 Å². The van der Waals surface area contributed by atoms with Crippen LogP contribution in [0.15, 0.2) is 23.3 Å². The molecular weight excluding hydrogens is 168 g/mol. The highest BCUT2D eigenvalue weighted by atomic mass is 14.4. The highest BCUT2D eigenvalue weighted by molar-refractivity contribution is 5.33. The third-order valence-electron chi connectivity index (χ3n) is 4.21. The summed E-state index contributed by atoms with van der Waals surface area (Å²) in [5.74, 6) is 3.48. The van der Waals surface area contributed by atoms with Gasteiger partial charge in [-0.25, -0.2) is 0 Å². The number of allylic oxidation sites excluding steroid dienone is 4. The predicted octanol–water partition coefficient (Wildman–Crippen LogP) is 4.19. The van der Waals surface area contributed by atoms with Crippen molar-refractivity contribution in [3.63, 3.8) is 0 Å². The van der Waals surface area contributed by atoms with Crippen LogP contribution in [0.2, 0.25) is 0 Å². The average molecular weight is 190 g/mol. The first-order chi connectivity index (χ1) is 6.59. The van der Waals surface area contributed by atoms with E-state index in [9.17, 15) is 0 Å². The van der Waals surface area contributed by atoms with Gasteiger partial charge < -0.3 is 0 Å². The standard InChI is InChI=1S/C14H22/c1-9(2)13-6-5-12-7-10(3)11(4)8-14(12)13/h7-9,12-14H,5-6H2,1-4H3. The number of rotatable bonds is 1. The van der Waals surface area contributed by atoms with Gasteiger partial charge in [-0.3, -0.25) is 0 Å². The Hall–Kier alpha value is -0.520.